The minimum absolute atomic E-state index is 0.258. The average molecular weight is 490 g/mol. The summed E-state index contributed by atoms with van der Waals surface area (Å²) >= 11 is 7.46. The van der Waals surface area contributed by atoms with Gasteiger partial charge in [0, 0.05) is 55.9 Å². The molecule has 2 aromatic heterocycles. The maximum Gasteiger partial charge on any atom is 0.341 e. The first kappa shape index (κ1) is 24.2. The maximum atomic E-state index is 12.7. The summed E-state index contributed by atoms with van der Waals surface area (Å²) < 4.78 is 7.15. The van der Waals surface area contributed by atoms with Crippen LogP contribution in [-0.2, 0) is 30.7 Å². The molecule has 33 heavy (non-hydrogen) atoms. The van der Waals surface area contributed by atoms with E-state index in [0.29, 0.717) is 10.7 Å². The number of carbonyl (C=O) groups is 1. The number of thiocarbonyl (C=S) groups is 1. The lowest BCUT2D eigenvalue weighted by atomic mass is 9.96. The Morgan fingerprint density at radius 3 is 2.58 bits per heavy atom. The molecule has 0 unspecified atom stereocenters. The van der Waals surface area contributed by atoms with Gasteiger partial charge in [0.15, 0.2) is 5.11 Å². The molecular formula is C24H35N5O2S2. The van der Waals surface area contributed by atoms with E-state index in [1.807, 2.05) is 4.68 Å². The van der Waals surface area contributed by atoms with Gasteiger partial charge in [0.05, 0.1) is 18.4 Å². The first-order valence-corrected chi connectivity index (χ1v) is 13.3. The van der Waals surface area contributed by atoms with E-state index in [9.17, 15) is 4.79 Å². The Morgan fingerprint density at radius 2 is 1.91 bits per heavy atom. The molecular weight excluding hydrogens is 454 g/mol. The van der Waals surface area contributed by atoms with Gasteiger partial charge >= 0.3 is 5.97 Å². The molecule has 1 aliphatic heterocycles. The molecule has 0 amide bonds. The van der Waals surface area contributed by atoms with E-state index in [1.165, 1.54) is 42.4 Å². The van der Waals surface area contributed by atoms with Crippen LogP contribution < -0.4 is 5.32 Å². The highest BCUT2D eigenvalue weighted by Gasteiger charge is 2.27. The molecule has 0 spiro atoms. The van der Waals surface area contributed by atoms with Gasteiger partial charge in [-0.3, -0.25) is 9.58 Å². The van der Waals surface area contributed by atoms with E-state index in [1.54, 1.807) is 11.3 Å². The second-order valence-corrected chi connectivity index (χ2v) is 10.4. The Balaban J connectivity index is 1.40. The zero-order valence-corrected chi connectivity index (χ0v) is 21.6. The largest absolute Gasteiger partial charge is 0.465 e. The second-order valence-electron chi connectivity index (χ2n) is 8.90. The molecule has 0 atom stereocenters. The Labute approximate surface area is 206 Å². The van der Waals surface area contributed by atoms with E-state index in [4.69, 9.17) is 17.0 Å². The number of nitrogens with one attached hydrogen (secondary N) is 1. The van der Waals surface area contributed by atoms with Crippen molar-refractivity contribution in [1.29, 1.82) is 0 Å². The van der Waals surface area contributed by atoms with Crippen LogP contribution in [0.15, 0.2) is 6.20 Å². The number of rotatable bonds is 5. The van der Waals surface area contributed by atoms with E-state index in [-0.39, 0.29) is 5.97 Å². The summed E-state index contributed by atoms with van der Waals surface area (Å²) in [4.78, 5) is 18.7. The topological polar surface area (TPSA) is 62.6 Å². The zero-order chi connectivity index (χ0) is 23.4. The minimum Gasteiger partial charge on any atom is -0.465 e. The number of ether oxygens (including phenoxy) is 1. The fourth-order valence-electron chi connectivity index (χ4n) is 4.73. The normalized spacial score (nSPS) is 17.2. The fraction of sp³-hybridized carbons (Fsp3) is 0.625. The van der Waals surface area contributed by atoms with E-state index < -0.39 is 0 Å². The van der Waals surface area contributed by atoms with Gasteiger partial charge < -0.3 is 15.0 Å². The van der Waals surface area contributed by atoms with Gasteiger partial charge in [-0.2, -0.15) is 5.10 Å². The molecule has 3 heterocycles. The van der Waals surface area contributed by atoms with Gasteiger partial charge in [-0.05, 0) is 57.3 Å². The van der Waals surface area contributed by atoms with Gasteiger partial charge in [-0.15, -0.1) is 11.3 Å². The SMILES string of the molecule is CCn1cc(CN2CCN(C(=S)Nc3sc4c(c3C(=O)OC)CCCCCC4)CC2)c(C)n1. The van der Waals surface area contributed by atoms with Gasteiger partial charge in [0.25, 0.3) is 0 Å². The van der Waals surface area contributed by atoms with E-state index in [0.717, 1.165) is 69.2 Å². The number of esters is 1. The molecule has 7 nitrogen and oxygen atoms in total. The number of aryl methyl sites for hydroxylation is 3. The van der Waals surface area contributed by atoms with Crippen molar-refractivity contribution in [2.24, 2.45) is 0 Å². The highest BCUT2D eigenvalue weighted by molar-refractivity contribution is 7.80. The van der Waals surface area contributed by atoms with Crippen LogP contribution in [0.4, 0.5) is 5.00 Å². The maximum absolute atomic E-state index is 12.7. The number of nitrogens with zero attached hydrogens (tertiary/aromatic N) is 4. The van der Waals surface area contributed by atoms with Crippen LogP contribution >= 0.6 is 23.6 Å². The number of fused-ring (bicyclic) bond motifs is 1. The number of carbonyl (C=O) groups excluding carboxylic acids is 1. The van der Waals surface area contributed by atoms with Crippen molar-refractivity contribution >= 4 is 39.6 Å². The van der Waals surface area contributed by atoms with Crippen molar-refractivity contribution in [1.82, 2.24) is 19.6 Å². The summed E-state index contributed by atoms with van der Waals surface area (Å²) in [5, 5.41) is 9.54. The van der Waals surface area contributed by atoms with Crippen LogP contribution in [0.25, 0.3) is 0 Å². The third-order valence-corrected chi connectivity index (χ3v) is 8.27. The van der Waals surface area contributed by atoms with Crippen molar-refractivity contribution in [3.63, 3.8) is 0 Å². The van der Waals surface area contributed by atoms with Crippen molar-refractivity contribution in [2.75, 3.05) is 38.6 Å². The predicted molar refractivity (Wildman–Crippen MR) is 137 cm³/mol. The number of anilines is 1. The molecule has 9 heteroatoms. The highest BCUT2D eigenvalue weighted by Crippen LogP contribution is 2.37. The third-order valence-electron chi connectivity index (χ3n) is 6.71. The molecule has 4 rings (SSSR count). The summed E-state index contributed by atoms with van der Waals surface area (Å²) in [6.07, 6.45) is 8.91. The van der Waals surface area contributed by atoms with Crippen molar-refractivity contribution < 1.29 is 9.53 Å². The number of aromatic nitrogens is 2. The molecule has 180 valence electrons. The fourth-order valence-corrected chi connectivity index (χ4v) is 6.35. The molecule has 0 bridgehead atoms. The van der Waals surface area contributed by atoms with Crippen LogP contribution in [0.5, 0.6) is 0 Å². The Kier molecular flexibility index (Phi) is 8.03. The van der Waals surface area contributed by atoms with Crippen molar-refractivity contribution in [2.45, 2.75) is 65.5 Å². The summed E-state index contributed by atoms with van der Waals surface area (Å²) in [7, 11) is 1.46. The summed E-state index contributed by atoms with van der Waals surface area (Å²) in [5.74, 6) is -0.258. The predicted octanol–water partition coefficient (Wildman–Crippen LogP) is 4.23. The molecule has 0 radical (unpaired) electrons. The van der Waals surface area contributed by atoms with Gasteiger partial charge in [-0.1, -0.05) is 12.8 Å². The molecule has 0 saturated carbocycles. The van der Waals surface area contributed by atoms with E-state index in [2.05, 4.69) is 40.3 Å². The molecule has 1 fully saturated rings. The zero-order valence-electron chi connectivity index (χ0n) is 20.0. The summed E-state index contributed by atoms with van der Waals surface area (Å²) in [5.41, 5.74) is 4.28. The number of hydrogen-bond acceptors (Lipinski definition) is 6. The van der Waals surface area contributed by atoms with Crippen LogP contribution in [0.2, 0.25) is 0 Å². The average Bonchev–Trinajstić information content (AvgIpc) is 3.32. The van der Waals surface area contributed by atoms with Gasteiger partial charge in [0.1, 0.15) is 5.00 Å². The molecule has 1 N–H and O–H groups in total. The number of methoxy groups -OCH3 is 1. The first-order valence-electron chi connectivity index (χ1n) is 12.0. The minimum atomic E-state index is -0.258. The lowest BCUT2D eigenvalue weighted by Crippen LogP contribution is -2.49. The smallest absolute Gasteiger partial charge is 0.341 e. The molecule has 2 aliphatic rings. The second kappa shape index (κ2) is 11.0. The van der Waals surface area contributed by atoms with E-state index >= 15 is 0 Å². The Bertz CT molecular complexity index is 991. The Hall–Kier alpha value is -1.97. The van der Waals surface area contributed by atoms with Crippen LogP contribution in [-0.4, -0.2) is 64.0 Å². The Morgan fingerprint density at radius 1 is 1.18 bits per heavy atom. The lowest BCUT2D eigenvalue weighted by molar-refractivity contribution is 0.0601. The monoisotopic (exact) mass is 489 g/mol. The van der Waals surface area contributed by atoms with Crippen LogP contribution in [0, 0.1) is 6.92 Å². The highest BCUT2D eigenvalue weighted by atomic mass is 32.1. The van der Waals surface area contributed by atoms with Crippen molar-refractivity contribution in [3.8, 4) is 0 Å². The van der Waals surface area contributed by atoms with Crippen LogP contribution in [0.3, 0.4) is 0 Å². The number of thiophene rings is 1. The quantitative estimate of drug-likeness (QED) is 0.498. The van der Waals surface area contributed by atoms with Crippen molar-refractivity contribution in [3.05, 3.63) is 33.5 Å². The van der Waals surface area contributed by atoms with Crippen LogP contribution in [0.1, 0.15) is 64.7 Å². The van der Waals surface area contributed by atoms with Gasteiger partial charge in [-0.25, -0.2) is 4.79 Å². The number of piperazine rings is 1. The third kappa shape index (κ3) is 5.58. The first-order chi connectivity index (χ1) is 16.0. The molecule has 1 aliphatic carbocycles. The lowest BCUT2D eigenvalue weighted by Gasteiger charge is -2.36. The molecule has 1 saturated heterocycles. The van der Waals surface area contributed by atoms with Gasteiger partial charge in [0.2, 0.25) is 0 Å². The summed E-state index contributed by atoms with van der Waals surface area (Å²) in [6.45, 7) is 9.64. The summed E-state index contributed by atoms with van der Waals surface area (Å²) in [6, 6.07) is 0. The molecule has 0 aromatic carbocycles. The molecule has 2 aromatic rings. The number of hydrogen-bond donors (Lipinski definition) is 1. The standard InChI is InChI=1S/C24H35N5O2S2/c1-4-29-16-18(17(2)26-29)15-27-11-13-28(14-12-27)24(32)25-22-21(23(30)31-3)19-9-7-5-6-8-10-20(19)33-22/h16H,4-15H2,1-3H3,(H,25,32).